The second-order valence-corrected chi connectivity index (χ2v) is 4.98. The van der Waals surface area contributed by atoms with Crippen LogP contribution in [-0.4, -0.2) is 24.5 Å². The van der Waals surface area contributed by atoms with Crippen molar-refractivity contribution in [3.8, 4) is 0 Å². The van der Waals surface area contributed by atoms with Crippen molar-refractivity contribution in [1.82, 2.24) is 0 Å². The molecule has 0 fully saturated rings. The second kappa shape index (κ2) is 4.59. The predicted molar refractivity (Wildman–Crippen MR) is 69.8 cm³/mol. The molecule has 1 atom stereocenters. The number of aliphatic imine (C=N–C) groups is 1. The largest absolute Gasteiger partial charge is 0.459 e. The van der Waals surface area contributed by atoms with Crippen LogP contribution < -0.4 is 11.5 Å². The molecule has 0 unspecified atom stereocenters. The minimum Gasteiger partial charge on any atom is -0.459 e. The van der Waals surface area contributed by atoms with Crippen LogP contribution in [0.1, 0.15) is 22.8 Å². The molecule has 1 aromatic carbocycles. The van der Waals surface area contributed by atoms with Crippen LogP contribution in [0, 0.1) is 0 Å². The Morgan fingerprint density at radius 3 is 2.75 bits per heavy atom. The molecule has 0 saturated carbocycles. The monoisotopic (exact) mass is 303 g/mol. The van der Waals surface area contributed by atoms with E-state index in [0.29, 0.717) is 0 Å². The van der Waals surface area contributed by atoms with Crippen LogP contribution in [0.2, 0.25) is 5.02 Å². The Morgan fingerprint density at radius 1 is 1.50 bits per heavy atom. The number of halogens is 3. The van der Waals surface area contributed by atoms with E-state index in [1.165, 1.54) is 25.1 Å². The van der Waals surface area contributed by atoms with Crippen molar-refractivity contribution in [1.29, 1.82) is 0 Å². The van der Waals surface area contributed by atoms with Gasteiger partial charge in [0.05, 0.1) is 0 Å². The lowest BCUT2D eigenvalue weighted by molar-refractivity contribution is -0.116. The first kappa shape index (κ1) is 14.5. The molecule has 4 N–H and O–H groups in total. The number of nitrogens with two attached hydrogens (primary N) is 2. The molecule has 0 aromatic heterocycles. The minimum atomic E-state index is -3.34. The second-order valence-electron chi connectivity index (χ2n) is 4.57. The van der Waals surface area contributed by atoms with Gasteiger partial charge in [-0.1, -0.05) is 11.6 Å². The highest BCUT2D eigenvalue weighted by Crippen LogP contribution is 2.45. The first-order chi connectivity index (χ1) is 9.17. The SMILES string of the molecule is C[C@]1(c2cc(C(N)=O)ccc2Cl)N=C(N)OCC1(F)F. The molecule has 2 rings (SSSR count). The number of amidine groups is 1. The molecule has 0 aliphatic carbocycles. The molecule has 0 bridgehead atoms. The Kier molecular flexibility index (Phi) is 3.33. The zero-order valence-corrected chi connectivity index (χ0v) is 11.2. The summed E-state index contributed by atoms with van der Waals surface area (Å²) in [4.78, 5) is 14.9. The van der Waals surface area contributed by atoms with Gasteiger partial charge in [0.15, 0.2) is 12.1 Å². The Hall–Kier alpha value is -1.89. The number of hydrogen-bond donors (Lipinski definition) is 2. The maximum atomic E-state index is 14.2. The average molecular weight is 304 g/mol. The summed E-state index contributed by atoms with van der Waals surface area (Å²) in [7, 11) is 0. The number of rotatable bonds is 2. The number of carbonyl (C=O) groups excluding carboxylic acids is 1. The fraction of sp³-hybridized carbons (Fsp3) is 0.333. The highest BCUT2D eigenvalue weighted by Gasteiger charge is 2.56. The Morgan fingerprint density at radius 2 is 2.15 bits per heavy atom. The number of hydrogen-bond acceptors (Lipinski definition) is 4. The first-order valence-corrected chi connectivity index (χ1v) is 6.01. The van der Waals surface area contributed by atoms with E-state index >= 15 is 0 Å². The molecule has 5 nitrogen and oxygen atoms in total. The third kappa shape index (κ3) is 2.18. The van der Waals surface area contributed by atoms with Crippen LogP contribution in [-0.2, 0) is 10.3 Å². The van der Waals surface area contributed by atoms with Crippen LogP contribution in [0.25, 0.3) is 0 Å². The van der Waals surface area contributed by atoms with Crippen molar-refractivity contribution in [2.75, 3.05) is 6.61 Å². The predicted octanol–water partition coefficient (Wildman–Crippen LogP) is 1.63. The van der Waals surface area contributed by atoms with E-state index in [-0.39, 0.29) is 22.2 Å². The maximum Gasteiger partial charge on any atom is 0.310 e. The summed E-state index contributed by atoms with van der Waals surface area (Å²) in [6.07, 6.45) is 0. The number of ether oxygens (including phenoxy) is 1. The van der Waals surface area contributed by atoms with E-state index in [1.54, 1.807) is 0 Å². The van der Waals surface area contributed by atoms with Gasteiger partial charge in [0, 0.05) is 16.1 Å². The molecule has 0 saturated heterocycles. The van der Waals surface area contributed by atoms with Gasteiger partial charge < -0.3 is 16.2 Å². The molecule has 1 aromatic rings. The van der Waals surface area contributed by atoms with Crippen molar-refractivity contribution in [2.24, 2.45) is 16.5 Å². The van der Waals surface area contributed by atoms with Crippen LogP contribution in [0.4, 0.5) is 8.78 Å². The number of amides is 1. The topological polar surface area (TPSA) is 90.7 Å². The fourth-order valence-corrected chi connectivity index (χ4v) is 2.25. The van der Waals surface area contributed by atoms with E-state index in [9.17, 15) is 13.6 Å². The standard InChI is InChI=1S/C12H12ClF2N3O2/c1-11(12(14,15)5-20-10(17)18-11)7-4-6(9(16)19)2-3-8(7)13/h2-4H,5H2,1H3,(H2,16,19)(H2,17,18)/t11-/m1/s1. The summed E-state index contributed by atoms with van der Waals surface area (Å²) in [5.41, 5.74) is 8.51. The highest BCUT2D eigenvalue weighted by molar-refractivity contribution is 6.31. The fourth-order valence-electron chi connectivity index (χ4n) is 1.95. The maximum absolute atomic E-state index is 14.2. The van der Waals surface area contributed by atoms with Crippen LogP contribution in [0.15, 0.2) is 23.2 Å². The third-order valence-electron chi connectivity index (χ3n) is 3.22. The van der Waals surface area contributed by atoms with Crippen molar-refractivity contribution in [3.05, 3.63) is 34.3 Å². The van der Waals surface area contributed by atoms with Crippen molar-refractivity contribution >= 4 is 23.5 Å². The zero-order valence-electron chi connectivity index (χ0n) is 10.5. The molecule has 1 aliphatic heterocycles. The lowest BCUT2D eigenvalue weighted by atomic mass is 9.84. The number of alkyl halides is 2. The van der Waals surface area contributed by atoms with Crippen LogP contribution in [0.3, 0.4) is 0 Å². The summed E-state index contributed by atoms with van der Waals surface area (Å²) in [5, 5.41) is 0.0376. The van der Waals surface area contributed by atoms with Crippen molar-refractivity contribution < 1.29 is 18.3 Å². The number of benzene rings is 1. The van der Waals surface area contributed by atoms with Gasteiger partial charge in [0.1, 0.15) is 0 Å². The number of nitrogens with zero attached hydrogens (tertiary/aromatic N) is 1. The quantitative estimate of drug-likeness (QED) is 0.870. The summed E-state index contributed by atoms with van der Waals surface area (Å²) in [6, 6.07) is 3.50. The van der Waals surface area contributed by atoms with Gasteiger partial charge in [-0.3, -0.25) is 4.79 Å². The van der Waals surface area contributed by atoms with E-state index in [0.717, 1.165) is 0 Å². The summed E-state index contributed by atoms with van der Waals surface area (Å²) in [6.45, 7) is 0.254. The Balaban J connectivity index is 2.66. The molecule has 1 heterocycles. The van der Waals surface area contributed by atoms with E-state index in [4.69, 9.17) is 23.1 Å². The zero-order chi connectivity index (χ0) is 15.1. The number of carbonyl (C=O) groups is 1. The molecule has 1 amide bonds. The van der Waals surface area contributed by atoms with Gasteiger partial charge in [-0.05, 0) is 25.1 Å². The summed E-state index contributed by atoms with van der Waals surface area (Å²) >= 11 is 5.96. The van der Waals surface area contributed by atoms with Gasteiger partial charge in [-0.2, -0.15) is 8.78 Å². The van der Waals surface area contributed by atoms with Crippen LogP contribution in [0.5, 0.6) is 0 Å². The molecule has 0 spiro atoms. The molecule has 20 heavy (non-hydrogen) atoms. The van der Waals surface area contributed by atoms with Gasteiger partial charge in [0.2, 0.25) is 5.91 Å². The highest BCUT2D eigenvalue weighted by atomic mass is 35.5. The van der Waals surface area contributed by atoms with Gasteiger partial charge in [0.25, 0.3) is 6.02 Å². The van der Waals surface area contributed by atoms with Gasteiger partial charge >= 0.3 is 5.92 Å². The molecular formula is C12H12ClF2N3O2. The third-order valence-corrected chi connectivity index (χ3v) is 3.55. The molecule has 1 aliphatic rings. The lowest BCUT2D eigenvalue weighted by Crippen LogP contribution is -2.51. The normalized spacial score (nSPS) is 24.7. The van der Waals surface area contributed by atoms with Gasteiger partial charge in [-0.25, -0.2) is 4.99 Å². The van der Waals surface area contributed by atoms with E-state index in [2.05, 4.69) is 9.73 Å². The molecule has 8 heteroatoms. The van der Waals surface area contributed by atoms with E-state index < -0.39 is 24.0 Å². The lowest BCUT2D eigenvalue weighted by Gasteiger charge is -2.37. The van der Waals surface area contributed by atoms with E-state index in [1.807, 2.05) is 0 Å². The first-order valence-electron chi connectivity index (χ1n) is 5.63. The summed E-state index contributed by atoms with van der Waals surface area (Å²) in [5.74, 6) is -4.09. The Labute approximate surface area is 118 Å². The molecule has 108 valence electrons. The smallest absolute Gasteiger partial charge is 0.310 e. The van der Waals surface area contributed by atoms with Gasteiger partial charge in [-0.15, -0.1) is 0 Å². The van der Waals surface area contributed by atoms with Crippen LogP contribution >= 0.6 is 11.6 Å². The molecular weight excluding hydrogens is 292 g/mol. The Bertz CT molecular complexity index is 606. The average Bonchev–Trinajstić information content (AvgIpc) is 2.35. The summed E-state index contributed by atoms with van der Waals surface area (Å²) < 4.78 is 32.9. The minimum absolute atomic E-state index is 0.0354. The van der Waals surface area contributed by atoms with Crippen molar-refractivity contribution in [3.63, 3.8) is 0 Å². The number of primary amides is 1. The van der Waals surface area contributed by atoms with Crippen molar-refractivity contribution in [2.45, 2.75) is 18.4 Å². The molecule has 0 radical (unpaired) electrons.